The number of fused-ring (bicyclic) bond motifs is 1. The molecule has 3 aromatic rings. The molecule has 0 bridgehead atoms. The van der Waals surface area contributed by atoms with Gasteiger partial charge in [-0.1, -0.05) is 43.7 Å². The Morgan fingerprint density at radius 2 is 1.61 bits per heavy atom. The molecule has 1 atom stereocenters. The Kier molecular flexibility index (Phi) is 7.59. The molecule has 9 heteroatoms. The number of esters is 1. The van der Waals surface area contributed by atoms with Crippen LogP contribution >= 0.6 is 0 Å². The number of hydrogen-bond donors (Lipinski definition) is 1. The monoisotopic (exact) mass is 509 g/mol. The van der Waals surface area contributed by atoms with Crippen molar-refractivity contribution in [3.05, 3.63) is 89.0 Å². The van der Waals surface area contributed by atoms with Gasteiger partial charge in [0.25, 0.3) is 10.0 Å². The van der Waals surface area contributed by atoms with Crippen molar-refractivity contribution < 1.29 is 32.2 Å². The first-order chi connectivity index (χ1) is 17.3. The molecule has 188 valence electrons. The average Bonchev–Trinajstić information content (AvgIpc) is 3.35. The molecular formula is C27H27NO7S. The summed E-state index contributed by atoms with van der Waals surface area (Å²) in [5.41, 5.74) is 2.71. The zero-order valence-electron chi connectivity index (χ0n) is 20.0. The zero-order valence-corrected chi connectivity index (χ0v) is 20.8. The Hall–Kier alpha value is -3.85. The van der Waals surface area contributed by atoms with Gasteiger partial charge in [-0.3, -0.25) is 4.79 Å². The van der Waals surface area contributed by atoms with E-state index in [-0.39, 0.29) is 18.1 Å². The van der Waals surface area contributed by atoms with Gasteiger partial charge in [-0.2, -0.15) is 0 Å². The molecule has 0 aromatic heterocycles. The standard InChI is InChI=1S/C27H27NO7S/c1-3-4-18-7-12-22(13-8-18)36(31,32)28-26(29)23(21-11-14-24-25(16-21)35-17-34-24)15-19-5-9-20(10-6-19)27(30)33-2/h5-14,16,23H,3-4,15,17H2,1-2H3,(H,28,29). The van der Waals surface area contributed by atoms with Crippen molar-refractivity contribution in [2.75, 3.05) is 13.9 Å². The van der Waals surface area contributed by atoms with Gasteiger partial charge in [-0.15, -0.1) is 0 Å². The number of rotatable bonds is 9. The fraction of sp³-hybridized carbons (Fsp3) is 0.259. The van der Waals surface area contributed by atoms with E-state index < -0.39 is 27.8 Å². The van der Waals surface area contributed by atoms with Crippen molar-refractivity contribution in [2.45, 2.75) is 37.0 Å². The number of carbonyl (C=O) groups is 2. The molecule has 4 rings (SSSR count). The minimum absolute atomic E-state index is 0.0163. The lowest BCUT2D eigenvalue weighted by Crippen LogP contribution is -2.35. The van der Waals surface area contributed by atoms with E-state index in [9.17, 15) is 18.0 Å². The molecule has 0 aliphatic carbocycles. The summed E-state index contributed by atoms with van der Waals surface area (Å²) >= 11 is 0. The van der Waals surface area contributed by atoms with Gasteiger partial charge < -0.3 is 14.2 Å². The molecule has 0 saturated carbocycles. The number of nitrogens with one attached hydrogen (secondary N) is 1. The van der Waals surface area contributed by atoms with E-state index in [4.69, 9.17) is 14.2 Å². The molecule has 1 unspecified atom stereocenters. The second-order valence-electron chi connectivity index (χ2n) is 8.42. The van der Waals surface area contributed by atoms with Gasteiger partial charge in [0.05, 0.1) is 23.5 Å². The first-order valence-corrected chi connectivity index (χ1v) is 13.0. The molecule has 1 aliphatic rings. The Balaban J connectivity index is 1.61. The molecule has 1 heterocycles. The van der Waals surface area contributed by atoms with Crippen LogP contribution in [0.15, 0.2) is 71.6 Å². The second kappa shape index (κ2) is 10.8. The molecule has 1 amide bonds. The first kappa shape index (κ1) is 25.2. The third-order valence-electron chi connectivity index (χ3n) is 5.94. The Bertz CT molecular complexity index is 1350. The van der Waals surface area contributed by atoms with Crippen molar-refractivity contribution in [1.29, 1.82) is 0 Å². The quantitative estimate of drug-likeness (QED) is 0.435. The van der Waals surface area contributed by atoms with Crippen molar-refractivity contribution >= 4 is 21.9 Å². The van der Waals surface area contributed by atoms with Crippen molar-refractivity contribution in [1.82, 2.24) is 4.72 Å². The van der Waals surface area contributed by atoms with E-state index in [0.29, 0.717) is 22.6 Å². The van der Waals surface area contributed by atoms with Gasteiger partial charge >= 0.3 is 5.97 Å². The van der Waals surface area contributed by atoms with Crippen LogP contribution in [-0.2, 0) is 32.4 Å². The van der Waals surface area contributed by atoms with Crippen LogP contribution < -0.4 is 14.2 Å². The molecule has 1 aliphatic heterocycles. The van der Waals surface area contributed by atoms with E-state index in [1.807, 2.05) is 6.92 Å². The number of benzene rings is 3. The molecule has 8 nitrogen and oxygen atoms in total. The maximum absolute atomic E-state index is 13.4. The highest BCUT2D eigenvalue weighted by atomic mass is 32.2. The van der Waals surface area contributed by atoms with Crippen LogP contribution in [0, 0.1) is 0 Å². The van der Waals surface area contributed by atoms with Crippen LogP contribution in [0.1, 0.15) is 46.3 Å². The molecule has 3 aromatic carbocycles. The number of carbonyl (C=O) groups excluding carboxylic acids is 2. The topological polar surface area (TPSA) is 108 Å². The molecular weight excluding hydrogens is 482 g/mol. The number of ether oxygens (including phenoxy) is 3. The largest absolute Gasteiger partial charge is 0.465 e. The lowest BCUT2D eigenvalue weighted by molar-refractivity contribution is -0.120. The first-order valence-electron chi connectivity index (χ1n) is 11.5. The molecule has 1 N–H and O–H groups in total. The minimum Gasteiger partial charge on any atom is -0.465 e. The highest BCUT2D eigenvalue weighted by Gasteiger charge is 2.28. The normalized spacial score (nSPS) is 13.2. The summed E-state index contributed by atoms with van der Waals surface area (Å²) in [6.45, 7) is 2.12. The van der Waals surface area contributed by atoms with E-state index in [1.54, 1.807) is 54.6 Å². The maximum atomic E-state index is 13.4. The summed E-state index contributed by atoms with van der Waals surface area (Å²) in [4.78, 5) is 25.2. The number of hydrogen-bond acceptors (Lipinski definition) is 7. The third-order valence-corrected chi connectivity index (χ3v) is 7.30. The Morgan fingerprint density at radius 1 is 0.944 bits per heavy atom. The van der Waals surface area contributed by atoms with Gasteiger partial charge in [-0.25, -0.2) is 17.9 Å². The molecule has 36 heavy (non-hydrogen) atoms. The predicted molar refractivity (Wildman–Crippen MR) is 133 cm³/mol. The number of amides is 1. The smallest absolute Gasteiger partial charge is 0.337 e. The number of methoxy groups -OCH3 is 1. The van der Waals surface area contributed by atoms with E-state index in [1.165, 1.54) is 19.2 Å². The lowest BCUT2D eigenvalue weighted by Gasteiger charge is -2.18. The minimum atomic E-state index is -4.09. The van der Waals surface area contributed by atoms with Crippen molar-refractivity contribution in [2.24, 2.45) is 0 Å². The summed E-state index contributed by atoms with van der Waals surface area (Å²) in [5, 5.41) is 0. The molecule has 0 fully saturated rings. The Labute approximate surface area is 210 Å². The number of aryl methyl sites for hydroxylation is 1. The van der Waals surface area contributed by atoms with Crippen LogP contribution in [0.4, 0.5) is 0 Å². The van der Waals surface area contributed by atoms with Gasteiger partial charge in [0, 0.05) is 0 Å². The van der Waals surface area contributed by atoms with Crippen LogP contribution in [0.3, 0.4) is 0 Å². The van der Waals surface area contributed by atoms with Gasteiger partial charge in [-0.05, 0) is 65.9 Å². The fourth-order valence-electron chi connectivity index (χ4n) is 4.01. The summed E-state index contributed by atoms with van der Waals surface area (Å²) in [6.07, 6.45) is 1.98. The molecule has 0 radical (unpaired) electrons. The predicted octanol–water partition coefficient (Wildman–Crippen LogP) is 3.99. The highest BCUT2D eigenvalue weighted by Crippen LogP contribution is 2.35. The van der Waals surface area contributed by atoms with Gasteiger partial charge in [0.15, 0.2) is 11.5 Å². The van der Waals surface area contributed by atoms with Crippen LogP contribution in [0.5, 0.6) is 11.5 Å². The van der Waals surface area contributed by atoms with Gasteiger partial charge in [0.2, 0.25) is 12.7 Å². The van der Waals surface area contributed by atoms with E-state index in [2.05, 4.69) is 4.72 Å². The van der Waals surface area contributed by atoms with Crippen molar-refractivity contribution in [3.8, 4) is 11.5 Å². The highest BCUT2D eigenvalue weighted by molar-refractivity contribution is 7.90. The average molecular weight is 510 g/mol. The third kappa shape index (κ3) is 5.68. The maximum Gasteiger partial charge on any atom is 0.337 e. The Morgan fingerprint density at radius 3 is 2.28 bits per heavy atom. The summed E-state index contributed by atoms with van der Waals surface area (Å²) in [5.74, 6) is -0.954. The van der Waals surface area contributed by atoms with Crippen LogP contribution in [0.2, 0.25) is 0 Å². The lowest BCUT2D eigenvalue weighted by atomic mass is 9.91. The van der Waals surface area contributed by atoms with Crippen LogP contribution in [0.25, 0.3) is 0 Å². The molecule has 0 spiro atoms. The zero-order chi connectivity index (χ0) is 25.7. The SMILES string of the molecule is CCCc1ccc(S(=O)(=O)NC(=O)C(Cc2ccc(C(=O)OC)cc2)c2ccc3c(c2)OCO3)cc1. The summed E-state index contributed by atoms with van der Waals surface area (Å²) < 4.78 is 43.8. The van der Waals surface area contributed by atoms with E-state index in [0.717, 1.165) is 24.0 Å². The van der Waals surface area contributed by atoms with Gasteiger partial charge in [0.1, 0.15) is 0 Å². The molecule has 0 saturated heterocycles. The number of sulfonamides is 1. The summed E-state index contributed by atoms with van der Waals surface area (Å²) in [6, 6.07) is 18.2. The van der Waals surface area contributed by atoms with Crippen LogP contribution in [-0.4, -0.2) is 34.2 Å². The van der Waals surface area contributed by atoms with Crippen molar-refractivity contribution in [3.63, 3.8) is 0 Å². The van der Waals surface area contributed by atoms with E-state index >= 15 is 0 Å². The summed E-state index contributed by atoms with van der Waals surface area (Å²) in [7, 11) is -2.79. The fourth-order valence-corrected chi connectivity index (χ4v) is 5.03. The second-order valence-corrected chi connectivity index (χ2v) is 10.1.